The van der Waals surface area contributed by atoms with Gasteiger partial charge in [0, 0.05) is 5.41 Å². The van der Waals surface area contributed by atoms with Crippen molar-refractivity contribution < 1.29 is 14.3 Å². The number of ether oxygens (including phenoxy) is 2. The Labute approximate surface area is 119 Å². The number of carbonyl (C=O) groups excluding carboxylic acids is 1. The van der Waals surface area contributed by atoms with E-state index in [1.54, 1.807) is 6.08 Å². The van der Waals surface area contributed by atoms with Crippen LogP contribution in [0.4, 0.5) is 4.79 Å². The zero-order valence-electron chi connectivity index (χ0n) is 12.0. The van der Waals surface area contributed by atoms with Crippen molar-refractivity contribution in [1.82, 2.24) is 5.32 Å². The summed E-state index contributed by atoms with van der Waals surface area (Å²) in [5, 5.41) is 2.73. The fourth-order valence-electron chi connectivity index (χ4n) is 2.35. The molecular formula is C16H21NO3. The van der Waals surface area contributed by atoms with E-state index in [9.17, 15) is 4.79 Å². The van der Waals surface area contributed by atoms with Gasteiger partial charge in [-0.2, -0.15) is 0 Å². The fourth-order valence-corrected chi connectivity index (χ4v) is 2.35. The lowest BCUT2D eigenvalue weighted by Crippen LogP contribution is -2.42. The average Bonchev–Trinajstić information content (AvgIpc) is 2.82. The van der Waals surface area contributed by atoms with Crippen LogP contribution in [0.5, 0.6) is 0 Å². The van der Waals surface area contributed by atoms with Crippen molar-refractivity contribution in [2.75, 3.05) is 6.61 Å². The smallest absolute Gasteiger partial charge is 0.408 e. The molecule has 2 atom stereocenters. The number of amides is 1. The third-order valence-corrected chi connectivity index (χ3v) is 3.45. The average molecular weight is 275 g/mol. The largest absolute Gasteiger partial charge is 0.443 e. The normalized spacial score (nSPS) is 22.2. The van der Waals surface area contributed by atoms with E-state index in [0.717, 1.165) is 5.56 Å². The molecule has 0 spiro atoms. The predicted molar refractivity (Wildman–Crippen MR) is 77.3 cm³/mol. The SMILES string of the molecule is C=C[C@H]1NC(=O)O[C@H]1C(C)(C)COCc1ccccc1. The zero-order valence-corrected chi connectivity index (χ0v) is 12.0. The van der Waals surface area contributed by atoms with E-state index in [0.29, 0.717) is 13.2 Å². The van der Waals surface area contributed by atoms with Gasteiger partial charge in [-0.25, -0.2) is 4.79 Å². The molecule has 1 N–H and O–H groups in total. The topological polar surface area (TPSA) is 47.6 Å². The molecule has 108 valence electrons. The molecule has 1 saturated heterocycles. The van der Waals surface area contributed by atoms with E-state index in [-0.39, 0.29) is 17.6 Å². The summed E-state index contributed by atoms with van der Waals surface area (Å²) in [6, 6.07) is 9.83. The van der Waals surface area contributed by atoms with Gasteiger partial charge < -0.3 is 14.8 Å². The van der Waals surface area contributed by atoms with E-state index in [2.05, 4.69) is 11.9 Å². The Hall–Kier alpha value is -1.81. The Bertz CT molecular complexity index is 470. The first-order valence-corrected chi connectivity index (χ1v) is 6.74. The van der Waals surface area contributed by atoms with Crippen molar-refractivity contribution in [3.8, 4) is 0 Å². The van der Waals surface area contributed by atoms with Crippen LogP contribution in [0.1, 0.15) is 19.4 Å². The molecule has 0 radical (unpaired) electrons. The van der Waals surface area contributed by atoms with Crippen molar-refractivity contribution in [1.29, 1.82) is 0 Å². The summed E-state index contributed by atoms with van der Waals surface area (Å²) in [5.74, 6) is 0. The van der Waals surface area contributed by atoms with Crippen LogP contribution >= 0.6 is 0 Å². The summed E-state index contributed by atoms with van der Waals surface area (Å²) in [6.07, 6.45) is 1.05. The third-order valence-electron chi connectivity index (χ3n) is 3.45. The molecule has 0 bridgehead atoms. The van der Waals surface area contributed by atoms with Gasteiger partial charge in [0.25, 0.3) is 0 Å². The molecule has 1 aromatic rings. The molecule has 2 rings (SSSR count). The molecule has 4 nitrogen and oxygen atoms in total. The number of hydrogen-bond acceptors (Lipinski definition) is 3. The van der Waals surface area contributed by atoms with Gasteiger partial charge in [0.05, 0.1) is 19.3 Å². The first-order valence-electron chi connectivity index (χ1n) is 6.74. The van der Waals surface area contributed by atoms with Crippen molar-refractivity contribution >= 4 is 6.09 Å². The summed E-state index contributed by atoms with van der Waals surface area (Å²) in [7, 11) is 0. The first-order chi connectivity index (χ1) is 9.53. The molecule has 0 aromatic heterocycles. The quantitative estimate of drug-likeness (QED) is 0.812. The maximum absolute atomic E-state index is 11.3. The van der Waals surface area contributed by atoms with Gasteiger partial charge in [-0.1, -0.05) is 50.3 Å². The zero-order chi connectivity index (χ0) is 14.6. The van der Waals surface area contributed by atoms with Crippen LogP contribution in [0.15, 0.2) is 43.0 Å². The molecule has 1 amide bonds. The molecule has 1 aliphatic rings. The van der Waals surface area contributed by atoms with Gasteiger partial charge in [0.1, 0.15) is 6.10 Å². The Morgan fingerprint density at radius 2 is 2.10 bits per heavy atom. The molecule has 1 fully saturated rings. The highest BCUT2D eigenvalue weighted by Crippen LogP contribution is 2.30. The highest BCUT2D eigenvalue weighted by Gasteiger charge is 2.43. The van der Waals surface area contributed by atoms with Crippen LogP contribution in [-0.4, -0.2) is 24.8 Å². The van der Waals surface area contributed by atoms with E-state index >= 15 is 0 Å². The second-order valence-electron chi connectivity index (χ2n) is 5.70. The summed E-state index contributed by atoms with van der Waals surface area (Å²) in [5.41, 5.74) is 0.845. The van der Waals surface area contributed by atoms with Gasteiger partial charge in [-0.3, -0.25) is 0 Å². The maximum Gasteiger partial charge on any atom is 0.408 e. The second-order valence-corrected chi connectivity index (χ2v) is 5.70. The predicted octanol–water partition coefficient (Wildman–Crippen LogP) is 2.89. The van der Waals surface area contributed by atoms with Crippen LogP contribution in [0.3, 0.4) is 0 Å². The number of carbonyl (C=O) groups is 1. The van der Waals surface area contributed by atoms with Gasteiger partial charge in [0.2, 0.25) is 0 Å². The van der Waals surface area contributed by atoms with Crippen molar-refractivity contribution in [2.45, 2.75) is 32.6 Å². The maximum atomic E-state index is 11.3. The Kier molecular flexibility index (Phi) is 4.45. The van der Waals surface area contributed by atoms with Crippen molar-refractivity contribution in [2.24, 2.45) is 5.41 Å². The van der Waals surface area contributed by atoms with Crippen LogP contribution in [0, 0.1) is 5.41 Å². The molecular weight excluding hydrogens is 254 g/mol. The molecule has 4 heteroatoms. The summed E-state index contributed by atoms with van der Waals surface area (Å²) < 4.78 is 11.1. The number of nitrogens with one attached hydrogen (secondary N) is 1. The number of alkyl carbamates (subject to hydrolysis) is 1. The molecule has 1 aliphatic heterocycles. The molecule has 0 saturated carbocycles. The third kappa shape index (κ3) is 3.39. The second kappa shape index (κ2) is 6.09. The minimum Gasteiger partial charge on any atom is -0.443 e. The number of rotatable bonds is 6. The summed E-state index contributed by atoms with van der Waals surface area (Å²) in [6.45, 7) is 8.85. The van der Waals surface area contributed by atoms with Gasteiger partial charge in [-0.15, -0.1) is 6.58 Å². The Morgan fingerprint density at radius 3 is 2.75 bits per heavy atom. The fraction of sp³-hybridized carbons (Fsp3) is 0.438. The molecule has 1 heterocycles. The molecule has 1 aromatic carbocycles. The summed E-state index contributed by atoms with van der Waals surface area (Å²) in [4.78, 5) is 11.3. The number of benzene rings is 1. The lowest BCUT2D eigenvalue weighted by Gasteiger charge is -2.31. The molecule has 0 unspecified atom stereocenters. The first kappa shape index (κ1) is 14.6. The minimum atomic E-state index is -0.393. The molecule has 20 heavy (non-hydrogen) atoms. The van der Waals surface area contributed by atoms with Crippen molar-refractivity contribution in [3.05, 3.63) is 48.6 Å². The van der Waals surface area contributed by atoms with Gasteiger partial charge in [0.15, 0.2) is 0 Å². The van der Waals surface area contributed by atoms with Crippen LogP contribution in [-0.2, 0) is 16.1 Å². The lowest BCUT2D eigenvalue weighted by molar-refractivity contribution is -0.0228. The van der Waals surface area contributed by atoms with Gasteiger partial charge >= 0.3 is 6.09 Å². The number of cyclic esters (lactones) is 1. The monoisotopic (exact) mass is 275 g/mol. The van der Waals surface area contributed by atoms with E-state index in [1.807, 2.05) is 44.2 Å². The van der Waals surface area contributed by atoms with Crippen molar-refractivity contribution in [3.63, 3.8) is 0 Å². The van der Waals surface area contributed by atoms with Gasteiger partial charge in [-0.05, 0) is 5.56 Å². The lowest BCUT2D eigenvalue weighted by atomic mass is 9.83. The minimum absolute atomic E-state index is 0.169. The molecule has 0 aliphatic carbocycles. The van der Waals surface area contributed by atoms with Crippen LogP contribution in [0.25, 0.3) is 0 Å². The van der Waals surface area contributed by atoms with Crippen LogP contribution < -0.4 is 5.32 Å². The Balaban J connectivity index is 1.90. The van der Waals surface area contributed by atoms with Crippen LogP contribution in [0.2, 0.25) is 0 Å². The van der Waals surface area contributed by atoms with E-state index in [4.69, 9.17) is 9.47 Å². The Morgan fingerprint density at radius 1 is 1.40 bits per heavy atom. The van der Waals surface area contributed by atoms with E-state index < -0.39 is 6.09 Å². The highest BCUT2D eigenvalue weighted by atomic mass is 16.6. The van der Waals surface area contributed by atoms with E-state index in [1.165, 1.54) is 0 Å². The number of hydrogen-bond donors (Lipinski definition) is 1. The summed E-state index contributed by atoms with van der Waals surface area (Å²) >= 11 is 0. The standard InChI is InChI=1S/C16H21NO3/c1-4-13-14(20-15(18)17-13)16(2,3)11-19-10-12-8-6-5-7-9-12/h4-9,13-14H,1,10-11H2,2-3H3,(H,17,18)/t13-,14-/m1/s1. The highest BCUT2D eigenvalue weighted by molar-refractivity contribution is 5.70.